The third-order valence-electron chi connectivity index (χ3n) is 7.12. The van der Waals surface area contributed by atoms with Crippen molar-refractivity contribution in [2.24, 2.45) is 7.05 Å². The quantitative estimate of drug-likeness (QED) is 0.465. The number of hydrogen-bond donors (Lipinski definition) is 0. The maximum atomic E-state index is 8.69. The summed E-state index contributed by atoms with van der Waals surface area (Å²) in [7, 11) is 2.13. The summed E-state index contributed by atoms with van der Waals surface area (Å²) >= 11 is 0. The fourth-order valence-corrected chi connectivity index (χ4v) is 5.43. The average Bonchev–Trinajstić information content (AvgIpc) is 3.28. The van der Waals surface area contributed by atoms with E-state index < -0.39 is 0 Å². The van der Waals surface area contributed by atoms with Crippen LogP contribution >= 0.6 is 0 Å². The van der Waals surface area contributed by atoms with Crippen LogP contribution in [0.5, 0.6) is 0 Å². The van der Waals surface area contributed by atoms with Gasteiger partial charge >= 0.3 is 0 Å². The molecule has 3 aromatic rings. The first-order chi connectivity index (χ1) is 13.4. The predicted octanol–water partition coefficient (Wildman–Crippen LogP) is 6.44. The van der Waals surface area contributed by atoms with E-state index in [-0.39, 0.29) is 0 Å². The summed E-state index contributed by atoms with van der Waals surface area (Å²) in [4.78, 5) is 0. The molecule has 1 heteroatoms. The van der Waals surface area contributed by atoms with Gasteiger partial charge in [0.05, 0.1) is 12.3 Å². The Morgan fingerprint density at radius 3 is 2.44 bits per heavy atom. The van der Waals surface area contributed by atoms with E-state index in [0.717, 1.165) is 22.9 Å². The van der Waals surface area contributed by atoms with E-state index in [9.17, 15) is 0 Å². The van der Waals surface area contributed by atoms with Crippen molar-refractivity contribution in [3.05, 3.63) is 64.3 Å². The smallest absolute Gasteiger partial charge is 0.198 e. The molecule has 2 aromatic carbocycles. The summed E-state index contributed by atoms with van der Waals surface area (Å²) in [6, 6.07) is 12.3. The molecule has 2 bridgehead atoms. The molecule has 2 aliphatic rings. The molecule has 0 saturated heterocycles. The van der Waals surface area contributed by atoms with Crippen LogP contribution in [-0.2, 0) is 7.05 Å². The number of hydrogen-bond acceptors (Lipinski definition) is 0. The van der Waals surface area contributed by atoms with Gasteiger partial charge in [0.1, 0.15) is 7.05 Å². The van der Waals surface area contributed by atoms with E-state index in [2.05, 4.69) is 69.6 Å². The molecule has 1 saturated carbocycles. The van der Waals surface area contributed by atoms with Crippen LogP contribution in [0.15, 0.2) is 36.4 Å². The van der Waals surface area contributed by atoms with Gasteiger partial charge in [-0.15, -0.1) is 0 Å². The normalized spacial score (nSPS) is 21.2. The van der Waals surface area contributed by atoms with Gasteiger partial charge in [0.2, 0.25) is 5.69 Å². The minimum absolute atomic E-state index is 0.481. The first-order valence-electron chi connectivity index (χ1n) is 10.9. The lowest BCUT2D eigenvalue weighted by Gasteiger charge is -2.19. The van der Waals surface area contributed by atoms with Crippen LogP contribution in [0.2, 0.25) is 0 Å². The first kappa shape index (κ1) is 15.9. The molecule has 1 heterocycles. The van der Waals surface area contributed by atoms with E-state index >= 15 is 0 Å². The molecule has 138 valence electrons. The van der Waals surface area contributed by atoms with E-state index in [1.807, 2.05) is 0 Å². The van der Waals surface area contributed by atoms with Crippen LogP contribution in [0.4, 0.5) is 0 Å². The Bertz CT molecular complexity index is 1130. The number of benzene rings is 2. The van der Waals surface area contributed by atoms with Gasteiger partial charge in [-0.1, -0.05) is 32.0 Å². The molecule has 0 radical (unpaired) electrons. The second-order valence-electron chi connectivity index (χ2n) is 9.08. The van der Waals surface area contributed by atoms with E-state index in [1.54, 1.807) is 11.1 Å². The van der Waals surface area contributed by atoms with Gasteiger partial charge in [-0.25, -0.2) is 0 Å². The van der Waals surface area contributed by atoms with Gasteiger partial charge in [-0.05, 0) is 83.7 Å². The molecular weight excluding hydrogens is 326 g/mol. The summed E-state index contributed by atoms with van der Waals surface area (Å²) in [6.45, 7) is 8.83. The molecule has 1 nitrogen and oxygen atoms in total. The Morgan fingerprint density at radius 1 is 1.04 bits per heavy atom. The second-order valence-corrected chi connectivity index (χ2v) is 9.08. The fourth-order valence-electron chi connectivity index (χ4n) is 5.43. The highest BCUT2D eigenvalue weighted by molar-refractivity contribution is 5.94. The molecular formula is C26H30N+. The van der Waals surface area contributed by atoms with Crippen LogP contribution < -0.4 is 4.57 Å². The Kier molecular flexibility index (Phi) is 3.48. The lowest BCUT2D eigenvalue weighted by atomic mass is 9.86. The summed E-state index contributed by atoms with van der Waals surface area (Å²) in [6.07, 6.45) is 4.08. The molecule has 0 N–H and O–H groups in total. The molecule has 2 unspecified atom stereocenters. The van der Waals surface area contributed by atoms with Crippen LogP contribution in [0.1, 0.15) is 80.2 Å². The highest BCUT2D eigenvalue weighted by Gasteiger charge is 2.37. The van der Waals surface area contributed by atoms with Crippen molar-refractivity contribution in [2.45, 2.75) is 64.7 Å². The van der Waals surface area contributed by atoms with Crippen molar-refractivity contribution in [3.63, 3.8) is 0 Å². The van der Waals surface area contributed by atoms with E-state index in [4.69, 9.17) is 1.37 Å². The van der Waals surface area contributed by atoms with Crippen molar-refractivity contribution in [1.82, 2.24) is 0 Å². The van der Waals surface area contributed by atoms with Gasteiger partial charge in [0.25, 0.3) is 0 Å². The topological polar surface area (TPSA) is 3.88 Å². The van der Waals surface area contributed by atoms with Gasteiger partial charge in [-0.2, -0.15) is 4.57 Å². The number of aromatic nitrogens is 1. The second kappa shape index (κ2) is 5.92. The monoisotopic (exact) mass is 357 g/mol. The first-order valence-corrected chi connectivity index (χ1v) is 10.4. The molecule has 1 fully saturated rings. The number of fused-ring (bicyclic) bond motifs is 6. The highest BCUT2D eigenvalue weighted by atomic mass is 14.9. The van der Waals surface area contributed by atoms with Crippen molar-refractivity contribution in [1.29, 1.82) is 0 Å². The van der Waals surface area contributed by atoms with Gasteiger partial charge in [-0.3, -0.25) is 0 Å². The molecule has 0 spiro atoms. The number of aryl methyl sites for hydroxylation is 1. The Balaban J connectivity index is 1.84. The summed E-state index contributed by atoms with van der Waals surface area (Å²) in [5, 5.41) is 2.28. The summed E-state index contributed by atoms with van der Waals surface area (Å²) in [5.41, 5.74) is 9.57. The minimum Gasteiger partial charge on any atom is -0.198 e. The Morgan fingerprint density at radius 2 is 1.74 bits per heavy atom. The molecule has 27 heavy (non-hydrogen) atoms. The molecule has 0 amide bonds. The van der Waals surface area contributed by atoms with Crippen LogP contribution in [0.3, 0.4) is 0 Å². The summed E-state index contributed by atoms with van der Waals surface area (Å²) < 4.78 is 10.9. The lowest BCUT2D eigenvalue weighted by Crippen LogP contribution is -2.35. The standard InChI is InChI=1S/C26H30N/c1-15(2)18-6-7-19-11-17(4)27(5)26(25(19)13-18)22-14-24-21-9-8-20(12-21)23(24)10-16(22)3/h6-7,10-11,13-15,20-21H,8-9,12H2,1-5H3/q+1/i11D. The Labute approximate surface area is 164 Å². The maximum absolute atomic E-state index is 8.69. The summed E-state index contributed by atoms with van der Waals surface area (Å²) in [5.74, 6) is 2.04. The van der Waals surface area contributed by atoms with Gasteiger partial charge in [0, 0.05) is 13.0 Å². The molecule has 2 aliphatic carbocycles. The zero-order chi connectivity index (χ0) is 19.7. The van der Waals surface area contributed by atoms with Gasteiger partial charge < -0.3 is 0 Å². The molecule has 1 aromatic heterocycles. The zero-order valence-corrected chi connectivity index (χ0v) is 17.2. The molecule has 0 aliphatic heterocycles. The molecule has 2 atom stereocenters. The predicted molar refractivity (Wildman–Crippen MR) is 113 cm³/mol. The number of nitrogens with zero attached hydrogens (tertiary/aromatic N) is 1. The fraction of sp³-hybridized carbons (Fsp3) is 0.423. The van der Waals surface area contributed by atoms with Crippen LogP contribution in [0.25, 0.3) is 22.0 Å². The van der Waals surface area contributed by atoms with Gasteiger partial charge in [0.15, 0.2) is 5.69 Å². The van der Waals surface area contributed by atoms with Crippen molar-refractivity contribution in [2.75, 3.05) is 0 Å². The van der Waals surface area contributed by atoms with E-state index in [0.29, 0.717) is 12.0 Å². The highest BCUT2D eigenvalue weighted by Crippen LogP contribution is 2.54. The molecule has 5 rings (SSSR count). The SMILES string of the molecule is [2H]c1c(C)[n+](C)c(-c2cc3c(cc2C)C2CCC3C2)c2cc(C(C)C)ccc12. The largest absolute Gasteiger partial charge is 0.220 e. The third-order valence-corrected chi connectivity index (χ3v) is 7.12. The third kappa shape index (κ3) is 2.47. The van der Waals surface area contributed by atoms with Crippen LogP contribution in [-0.4, -0.2) is 0 Å². The van der Waals surface area contributed by atoms with E-state index in [1.165, 1.54) is 47.0 Å². The van der Waals surface area contributed by atoms with Crippen LogP contribution in [0, 0.1) is 13.8 Å². The average molecular weight is 358 g/mol. The van der Waals surface area contributed by atoms with Crippen molar-refractivity contribution < 1.29 is 5.94 Å². The van der Waals surface area contributed by atoms with Crippen molar-refractivity contribution in [3.8, 4) is 11.3 Å². The number of rotatable bonds is 2. The van der Waals surface area contributed by atoms with Crippen molar-refractivity contribution >= 4 is 10.8 Å². The number of pyridine rings is 1. The minimum atomic E-state index is 0.481. The maximum Gasteiger partial charge on any atom is 0.220 e. The lowest BCUT2D eigenvalue weighted by molar-refractivity contribution is -0.665. The zero-order valence-electron chi connectivity index (χ0n) is 18.2. The Hall–Kier alpha value is -2.15.